The number of thiocarbonyl (C=S) groups is 1. The molecule has 0 atom stereocenters. The average molecular weight is 408 g/mol. The molecule has 5 nitrogen and oxygen atoms in total. The number of hydrogen-bond donors (Lipinski definition) is 1. The Bertz CT molecular complexity index is 1060. The number of nitrogens with zero attached hydrogens (tertiary/aromatic N) is 2. The molecule has 1 N–H and O–H groups in total. The number of carbonyl (C=O) groups excluding carboxylic acids is 2. The van der Waals surface area contributed by atoms with E-state index in [9.17, 15) is 9.59 Å². The molecule has 0 aliphatic carbocycles. The van der Waals surface area contributed by atoms with E-state index in [0.29, 0.717) is 0 Å². The number of amides is 2. The highest BCUT2D eigenvalue weighted by molar-refractivity contribution is 7.80. The van der Waals surface area contributed by atoms with E-state index in [-0.39, 0.29) is 17.2 Å². The zero-order chi connectivity index (χ0) is 21.3. The van der Waals surface area contributed by atoms with Crippen molar-refractivity contribution in [2.24, 2.45) is 0 Å². The van der Waals surface area contributed by atoms with Gasteiger partial charge >= 0.3 is 0 Å². The maximum Gasteiger partial charge on any atom is 0.265 e. The summed E-state index contributed by atoms with van der Waals surface area (Å²) in [6.07, 6.45) is 4.15. The maximum atomic E-state index is 12.8. The second kappa shape index (κ2) is 8.17. The quantitative estimate of drug-likeness (QED) is 0.355. The largest absolute Gasteiger partial charge is 0.317 e. The van der Waals surface area contributed by atoms with Crippen LogP contribution >= 0.6 is 12.2 Å². The lowest BCUT2D eigenvalue weighted by molar-refractivity contribution is -0.128. The molecule has 0 radical (unpaired) electrons. The molecule has 0 unspecified atom stereocenters. The molecule has 2 heterocycles. The third-order valence-corrected chi connectivity index (χ3v) is 5.52. The van der Waals surface area contributed by atoms with E-state index in [1.165, 1.54) is 16.0 Å². The number of benzene rings is 1. The molecule has 2 amide bonds. The molecule has 1 saturated heterocycles. The predicted molar refractivity (Wildman–Crippen MR) is 120 cm³/mol. The first-order chi connectivity index (χ1) is 13.8. The third kappa shape index (κ3) is 3.68. The Morgan fingerprint density at radius 2 is 1.93 bits per heavy atom. The molecule has 1 aliphatic rings. The van der Waals surface area contributed by atoms with E-state index >= 15 is 0 Å². The molecular weight excluding hydrogens is 382 g/mol. The van der Waals surface area contributed by atoms with Gasteiger partial charge in [-0.3, -0.25) is 19.8 Å². The van der Waals surface area contributed by atoms with Crippen LogP contribution in [0, 0.1) is 20.8 Å². The van der Waals surface area contributed by atoms with Crippen molar-refractivity contribution in [3.05, 3.63) is 70.6 Å². The van der Waals surface area contributed by atoms with Gasteiger partial charge in [0.05, 0.1) is 5.69 Å². The normalized spacial score (nSPS) is 15.8. The van der Waals surface area contributed by atoms with Crippen molar-refractivity contribution in [2.45, 2.75) is 34.1 Å². The van der Waals surface area contributed by atoms with E-state index in [0.717, 1.165) is 29.1 Å². The van der Waals surface area contributed by atoms with E-state index in [4.69, 9.17) is 12.2 Å². The van der Waals surface area contributed by atoms with E-state index in [1.807, 2.05) is 19.9 Å². The fraction of sp³-hybridized carbons (Fsp3) is 0.261. The Balaban J connectivity index is 2.12. The Labute approximate surface area is 176 Å². The summed E-state index contributed by atoms with van der Waals surface area (Å²) < 4.78 is 2.19. The van der Waals surface area contributed by atoms with Gasteiger partial charge in [0.15, 0.2) is 5.11 Å². The minimum absolute atomic E-state index is 0.0706. The SMILES string of the molecule is C=CCN1C(=O)/C(=C/c2cc(C)n(-c3c(C)cccc3CC)c2C)C(=O)NC1=S. The lowest BCUT2D eigenvalue weighted by Crippen LogP contribution is -2.53. The first-order valence-corrected chi connectivity index (χ1v) is 9.98. The summed E-state index contributed by atoms with van der Waals surface area (Å²) in [5.74, 6) is -0.885. The van der Waals surface area contributed by atoms with Gasteiger partial charge in [0.1, 0.15) is 5.57 Å². The zero-order valence-electron chi connectivity index (χ0n) is 17.2. The number of rotatable bonds is 5. The maximum absolute atomic E-state index is 12.8. The molecule has 1 aromatic carbocycles. The van der Waals surface area contributed by atoms with Crippen LogP contribution in [0.1, 0.15) is 35.0 Å². The van der Waals surface area contributed by atoms with E-state index < -0.39 is 11.8 Å². The monoisotopic (exact) mass is 407 g/mol. The van der Waals surface area contributed by atoms with Crippen molar-refractivity contribution in [3.63, 3.8) is 0 Å². The van der Waals surface area contributed by atoms with Crippen LogP contribution in [0.3, 0.4) is 0 Å². The minimum atomic E-state index is -0.477. The first kappa shape index (κ1) is 20.7. The van der Waals surface area contributed by atoms with Crippen LogP contribution < -0.4 is 5.32 Å². The van der Waals surface area contributed by atoms with Gasteiger partial charge in [-0.1, -0.05) is 31.2 Å². The van der Waals surface area contributed by atoms with Gasteiger partial charge < -0.3 is 4.57 Å². The third-order valence-electron chi connectivity index (χ3n) is 5.19. The van der Waals surface area contributed by atoms with Gasteiger partial charge in [0.25, 0.3) is 11.8 Å². The number of nitrogens with one attached hydrogen (secondary N) is 1. The average Bonchev–Trinajstić information content (AvgIpc) is 2.95. The Morgan fingerprint density at radius 1 is 1.21 bits per heavy atom. The molecule has 0 bridgehead atoms. The van der Waals surface area contributed by atoms with Crippen molar-refractivity contribution in [3.8, 4) is 5.69 Å². The van der Waals surface area contributed by atoms with Crippen LogP contribution in [0.2, 0.25) is 0 Å². The van der Waals surface area contributed by atoms with Gasteiger partial charge in [-0.15, -0.1) is 6.58 Å². The molecule has 150 valence electrons. The smallest absolute Gasteiger partial charge is 0.265 e. The summed E-state index contributed by atoms with van der Waals surface area (Å²) in [5, 5.41) is 2.70. The molecule has 2 aromatic rings. The topological polar surface area (TPSA) is 54.3 Å². The van der Waals surface area contributed by atoms with Crippen LogP contribution in [-0.2, 0) is 16.0 Å². The van der Waals surface area contributed by atoms with Crippen LogP contribution in [0.5, 0.6) is 0 Å². The number of para-hydroxylation sites is 1. The number of hydrogen-bond acceptors (Lipinski definition) is 3. The van der Waals surface area contributed by atoms with Crippen molar-refractivity contribution in [1.29, 1.82) is 0 Å². The summed E-state index contributed by atoms with van der Waals surface area (Å²) in [6.45, 7) is 12.2. The van der Waals surface area contributed by atoms with Crippen molar-refractivity contribution >= 4 is 35.2 Å². The summed E-state index contributed by atoms with van der Waals surface area (Å²) >= 11 is 5.11. The molecular formula is C23H25N3O2S. The lowest BCUT2D eigenvalue weighted by atomic mass is 10.0. The fourth-order valence-corrected chi connectivity index (χ4v) is 4.00. The molecule has 6 heteroatoms. The summed E-state index contributed by atoms with van der Waals surface area (Å²) in [5.41, 5.74) is 6.50. The Kier molecular flexibility index (Phi) is 5.84. The molecule has 0 spiro atoms. The molecule has 0 saturated carbocycles. The number of aryl methyl sites for hydroxylation is 3. The van der Waals surface area contributed by atoms with Crippen LogP contribution in [-0.4, -0.2) is 32.9 Å². The zero-order valence-corrected chi connectivity index (χ0v) is 18.0. The summed E-state index contributed by atoms with van der Waals surface area (Å²) in [6, 6.07) is 8.29. The molecule has 29 heavy (non-hydrogen) atoms. The first-order valence-electron chi connectivity index (χ1n) is 9.57. The van der Waals surface area contributed by atoms with Crippen LogP contribution in [0.15, 0.2) is 42.5 Å². The second-order valence-corrected chi connectivity index (χ2v) is 7.51. The van der Waals surface area contributed by atoms with Crippen LogP contribution in [0.4, 0.5) is 0 Å². The molecule has 1 aromatic heterocycles. The fourth-order valence-electron chi connectivity index (χ4n) is 3.75. The Morgan fingerprint density at radius 3 is 2.59 bits per heavy atom. The van der Waals surface area contributed by atoms with Crippen molar-refractivity contribution < 1.29 is 9.59 Å². The number of aromatic nitrogens is 1. The van der Waals surface area contributed by atoms with Gasteiger partial charge in [-0.05, 0) is 68.2 Å². The van der Waals surface area contributed by atoms with Crippen molar-refractivity contribution in [1.82, 2.24) is 14.8 Å². The summed E-state index contributed by atoms with van der Waals surface area (Å²) in [7, 11) is 0. The molecule has 3 rings (SSSR count). The van der Waals surface area contributed by atoms with Gasteiger partial charge in [-0.25, -0.2) is 0 Å². The second-order valence-electron chi connectivity index (χ2n) is 7.12. The highest BCUT2D eigenvalue weighted by Crippen LogP contribution is 2.28. The van der Waals surface area contributed by atoms with Crippen molar-refractivity contribution in [2.75, 3.05) is 6.54 Å². The standard InChI is InChI=1S/C23H25N3O2S/c1-6-11-25-22(28)19(21(27)24-23(25)29)13-18-12-15(4)26(16(18)5)20-14(3)9-8-10-17(20)7-2/h6,8-10,12-13H,1,7,11H2,2-5H3,(H,24,27,29)/b19-13+. The molecule has 1 aliphatic heterocycles. The van der Waals surface area contributed by atoms with Crippen LogP contribution in [0.25, 0.3) is 11.8 Å². The van der Waals surface area contributed by atoms with E-state index in [1.54, 1.807) is 12.2 Å². The van der Waals surface area contributed by atoms with Gasteiger partial charge in [0, 0.05) is 17.9 Å². The summed E-state index contributed by atoms with van der Waals surface area (Å²) in [4.78, 5) is 26.6. The highest BCUT2D eigenvalue weighted by atomic mass is 32.1. The minimum Gasteiger partial charge on any atom is -0.317 e. The van der Waals surface area contributed by atoms with E-state index in [2.05, 4.69) is 48.5 Å². The van der Waals surface area contributed by atoms with Gasteiger partial charge in [0.2, 0.25) is 0 Å². The highest BCUT2D eigenvalue weighted by Gasteiger charge is 2.33. The number of carbonyl (C=O) groups is 2. The lowest BCUT2D eigenvalue weighted by Gasteiger charge is -2.27. The molecule has 1 fully saturated rings. The predicted octanol–water partition coefficient (Wildman–Crippen LogP) is 3.78. The Hall–Kier alpha value is -2.99. The van der Waals surface area contributed by atoms with Gasteiger partial charge in [-0.2, -0.15) is 0 Å².